The molecule has 0 fully saturated rings. The third-order valence-electron chi connectivity index (χ3n) is 0.577. The zero-order chi connectivity index (χ0) is 8.41. The predicted octanol–water partition coefficient (Wildman–Crippen LogP) is -3.90. The fourth-order valence-corrected chi connectivity index (χ4v) is 2.38. The summed E-state index contributed by atoms with van der Waals surface area (Å²) in [5.74, 6) is -1.81. The van der Waals surface area contributed by atoms with Crippen LogP contribution in [0.1, 0.15) is 0 Å². The molecule has 0 saturated carbocycles. The van der Waals surface area contributed by atoms with Gasteiger partial charge in [0.15, 0.2) is 0 Å². The molecule has 62 valence electrons. The van der Waals surface area contributed by atoms with E-state index >= 15 is 0 Å². The van der Waals surface area contributed by atoms with E-state index in [1.807, 2.05) is 0 Å². The van der Waals surface area contributed by atoms with Gasteiger partial charge < -0.3 is 4.55 Å². The van der Waals surface area contributed by atoms with E-state index in [0.717, 1.165) is 0 Å². The molecule has 0 spiro atoms. The van der Waals surface area contributed by atoms with E-state index in [9.17, 15) is 21.4 Å². The molecule has 0 saturated heterocycles. The van der Waals surface area contributed by atoms with Crippen molar-refractivity contribution < 1.29 is 50.9 Å². The molecule has 0 amide bonds. The molecule has 0 rings (SSSR count). The van der Waals surface area contributed by atoms with E-state index in [1.165, 1.54) is 0 Å². The number of hydrogen-bond donors (Lipinski definition) is 0. The summed E-state index contributed by atoms with van der Waals surface area (Å²) < 4.78 is 49.5. The van der Waals surface area contributed by atoms with Crippen LogP contribution in [0.3, 0.4) is 0 Å². The van der Waals surface area contributed by atoms with Crippen LogP contribution in [-0.2, 0) is 19.2 Å². The van der Waals surface area contributed by atoms with Gasteiger partial charge in [-0.1, -0.05) is 0 Å². The first-order valence-corrected chi connectivity index (χ1v) is 6.12. The summed E-state index contributed by atoms with van der Waals surface area (Å²) in [5, 5.41) is 0. The fourth-order valence-electron chi connectivity index (χ4n) is 0.202. The molecule has 11 heavy (non-hydrogen) atoms. The summed E-state index contributed by atoms with van der Waals surface area (Å²) in [5.41, 5.74) is 0. The van der Waals surface area contributed by atoms with Crippen molar-refractivity contribution in [3.63, 3.8) is 0 Å². The normalized spacial score (nSPS) is 12.2. The molecule has 5 nitrogen and oxygen atoms in total. The van der Waals surface area contributed by atoms with Gasteiger partial charge in [0, 0.05) is 10.7 Å². The molecule has 0 radical (unpaired) electrons. The van der Waals surface area contributed by atoms with E-state index in [0.29, 0.717) is 0 Å². The SMILES string of the molecule is O=S(=O)([O-])CCS(=O)(=O)Cl.[Na+]. The van der Waals surface area contributed by atoms with Crippen molar-refractivity contribution in [2.45, 2.75) is 0 Å². The van der Waals surface area contributed by atoms with Gasteiger partial charge in [-0.25, -0.2) is 16.8 Å². The molecule has 0 aromatic carbocycles. The average molecular weight is 231 g/mol. The van der Waals surface area contributed by atoms with Crippen molar-refractivity contribution >= 4 is 29.9 Å². The first kappa shape index (κ1) is 14.7. The van der Waals surface area contributed by atoms with Gasteiger partial charge in [0.1, 0.15) is 0 Å². The van der Waals surface area contributed by atoms with Crippen molar-refractivity contribution in [2.24, 2.45) is 0 Å². The standard InChI is InChI=1S/C2H5ClO5S2.Na/c3-9(4,5)1-2-10(6,7)8;/h1-2H2,(H,6,7,8);/q;+1/p-1. The topological polar surface area (TPSA) is 91.3 Å². The Hall–Kier alpha value is 1.15. The van der Waals surface area contributed by atoms with E-state index in [2.05, 4.69) is 10.7 Å². The minimum Gasteiger partial charge on any atom is -0.748 e. The number of halogens is 1. The second kappa shape index (κ2) is 5.00. The minimum absolute atomic E-state index is 0. The molecule has 0 heterocycles. The maximum atomic E-state index is 10.0. The van der Waals surface area contributed by atoms with Crippen molar-refractivity contribution in [3.05, 3.63) is 0 Å². The van der Waals surface area contributed by atoms with Crippen LogP contribution in [0.5, 0.6) is 0 Å². The summed E-state index contributed by atoms with van der Waals surface area (Å²) in [6.45, 7) is 0. The summed E-state index contributed by atoms with van der Waals surface area (Å²) in [7, 11) is -3.73. The second-order valence-corrected chi connectivity index (χ2v) is 5.92. The van der Waals surface area contributed by atoms with Gasteiger partial charge in [-0.3, -0.25) is 0 Å². The maximum Gasteiger partial charge on any atom is 1.00 e. The monoisotopic (exact) mass is 230 g/mol. The Balaban J connectivity index is 0. The average Bonchev–Trinajstić information content (AvgIpc) is 1.57. The Morgan fingerprint density at radius 3 is 1.55 bits per heavy atom. The van der Waals surface area contributed by atoms with Crippen molar-refractivity contribution in [1.82, 2.24) is 0 Å². The van der Waals surface area contributed by atoms with Gasteiger partial charge in [-0.2, -0.15) is 0 Å². The van der Waals surface area contributed by atoms with E-state index in [4.69, 9.17) is 0 Å². The van der Waals surface area contributed by atoms with Crippen LogP contribution < -0.4 is 29.6 Å². The van der Waals surface area contributed by atoms with Crippen molar-refractivity contribution in [1.29, 1.82) is 0 Å². The summed E-state index contributed by atoms with van der Waals surface area (Å²) in [6.07, 6.45) is 0. The molecular weight excluding hydrogens is 227 g/mol. The zero-order valence-electron chi connectivity index (χ0n) is 5.65. The third kappa shape index (κ3) is 14.1. The predicted molar refractivity (Wildman–Crippen MR) is 34.2 cm³/mol. The Bertz CT molecular complexity index is 258. The first-order valence-electron chi connectivity index (χ1n) is 2.06. The Morgan fingerprint density at radius 2 is 1.45 bits per heavy atom. The van der Waals surface area contributed by atoms with Gasteiger partial charge in [0.2, 0.25) is 9.05 Å². The van der Waals surface area contributed by atoms with Crippen LogP contribution >= 0.6 is 10.7 Å². The van der Waals surface area contributed by atoms with Crippen molar-refractivity contribution in [2.75, 3.05) is 11.5 Å². The molecule has 0 atom stereocenters. The minimum atomic E-state index is -4.47. The number of rotatable bonds is 3. The molecule has 0 aromatic heterocycles. The van der Waals surface area contributed by atoms with Gasteiger partial charge in [-0.15, -0.1) is 0 Å². The van der Waals surface area contributed by atoms with Crippen LogP contribution in [0.15, 0.2) is 0 Å². The Labute approximate surface area is 91.6 Å². The van der Waals surface area contributed by atoms with Crippen LogP contribution in [-0.4, -0.2) is 32.9 Å². The zero-order valence-corrected chi connectivity index (χ0v) is 10.0. The quantitative estimate of drug-likeness (QED) is 0.281. The Kier molecular flexibility index (Phi) is 6.67. The molecule has 9 heteroatoms. The summed E-state index contributed by atoms with van der Waals surface area (Å²) in [4.78, 5) is 0. The van der Waals surface area contributed by atoms with Gasteiger partial charge in [-0.05, 0) is 0 Å². The van der Waals surface area contributed by atoms with Crippen LogP contribution in [0.25, 0.3) is 0 Å². The van der Waals surface area contributed by atoms with E-state index < -0.39 is 30.7 Å². The van der Waals surface area contributed by atoms with Crippen molar-refractivity contribution in [3.8, 4) is 0 Å². The molecular formula is C2H4ClNaO5S2. The molecule has 0 aliphatic rings. The van der Waals surface area contributed by atoms with Gasteiger partial charge >= 0.3 is 29.6 Å². The fraction of sp³-hybridized carbons (Fsp3) is 1.00. The molecule has 0 aliphatic heterocycles. The van der Waals surface area contributed by atoms with Gasteiger partial charge in [0.05, 0.1) is 21.6 Å². The second-order valence-electron chi connectivity index (χ2n) is 1.50. The van der Waals surface area contributed by atoms with Crippen LogP contribution in [0, 0.1) is 0 Å². The largest absolute Gasteiger partial charge is 1.00 e. The molecule has 0 bridgehead atoms. The maximum absolute atomic E-state index is 10.0. The summed E-state index contributed by atoms with van der Waals surface area (Å²) in [6, 6.07) is 0. The van der Waals surface area contributed by atoms with E-state index in [1.54, 1.807) is 0 Å². The molecule has 0 aromatic rings. The smallest absolute Gasteiger partial charge is 0.748 e. The molecule has 0 N–H and O–H groups in total. The first-order chi connectivity index (χ1) is 4.21. The Morgan fingerprint density at radius 1 is 1.09 bits per heavy atom. The number of hydrogen-bond acceptors (Lipinski definition) is 5. The van der Waals surface area contributed by atoms with Gasteiger partial charge in [0.25, 0.3) is 0 Å². The molecule has 0 aliphatic carbocycles. The van der Waals surface area contributed by atoms with Crippen LogP contribution in [0.2, 0.25) is 0 Å². The summed E-state index contributed by atoms with van der Waals surface area (Å²) >= 11 is 0. The third-order valence-corrected chi connectivity index (χ3v) is 2.69. The van der Waals surface area contributed by atoms with Crippen LogP contribution in [0.4, 0.5) is 0 Å². The van der Waals surface area contributed by atoms with E-state index in [-0.39, 0.29) is 29.6 Å². The molecule has 0 unspecified atom stereocenters.